The van der Waals surface area contributed by atoms with Crippen LogP contribution in [0.3, 0.4) is 0 Å². The SMILES string of the molecule is COc1ccc(OC)c(-c2csc(C3CCNCC3)n2)c1. The first-order valence-corrected chi connectivity index (χ1v) is 8.08. The van der Waals surface area contributed by atoms with Crippen molar-refractivity contribution in [2.75, 3.05) is 27.3 Å². The summed E-state index contributed by atoms with van der Waals surface area (Å²) in [5, 5.41) is 6.75. The van der Waals surface area contributed by atoms with Crippen molar-refractivity contribution >= 4 is 11.3 Å². The molecule has 1 saturated heterocycles. The van der Waals surface area contributed by atoms with Crippen LogP contribution in [0.15, 0.2) is 23.6 Å². The van der Waals surface area contributed by atoms with E-state index in [4.69, 9.17) is 14.5 Å². The Morgan fingerprint density at radius 3 is 2.71 bits per heavy atom. The summed E-state index contributed by atoms with van der Waals surface area (Å²) in [6, 6.07) is 5.82. The number of thiazole rings is 1. The molecule has 0 radical (unpaired) electrons. The van der Waals surface area contributed by atoms with Gasteiger partial charge in [0.15, 0.2) is 0 Å². The summed E-state index contributed by atoms with van der Waals surface area (Å²) in [5.74, 6) is 2.24. The van der Waals surface area contributed by atoms with Gasteiger partial charge in [0.25, 0.3) is 0 Å². The van der Waals surface area contributed by atoms with Crippen LogP contribution in [0.2, 0.25) is 0 Å². The number of benzene rings is 1. The number of hydrogen-bond donors (Lipinski definition) is 1. The van der Waals surface area contributed by atoms with Gasteiger partial charge < -0.3 is 14.8 Å². The van der Waals surface area contributed by atoms with Crippen LogP contribution >= 0.6 is 11.3 Å². The van der Waals surface area contributed by atoms with Crippen LogP contribution in [0.1, 0.15) is 23.8 Å². The van der Waals surface area contributed by atoms with Gasteiger partial charge in [-0.15, -0.1) is 11.3 Å². The molecular formula is C16H20N2O2S. The fraction of sp³-hybridized carbons (Fsp3) is 0.438. The molecule has 5 heteroatoms. The van der Waals surface area contributed by atoms with Crippen LogP contribution in [0.4, 0.5) is 0 Å². The summed E-state index contributed by atoms with van der Waals surface area (Å²) >= 11 is 1.75. The van der Waals surface area contributed by atoms with E-state index < -0.39 is 0 Å². The van der Waals surface area contributed by atoms with Crippen molar-refractivity contribution in [3.63, 3.8) is 0 Å². The summed E-state index contributed by atoms with van der Waals surface area (Å²) < 4.78 is 10.8. The van der Waals surface area contributed by atoms with Crippen LogP contribution in [-0.4, -0.2) is 32.3 Å². The van der Waals surface area contributed by atoms with Crippen molar-refractivity contribution in [3.05, 3.63) is 28.6 Å². The van der Waals surface area contributed by atoms with Crippen molar-refractivity contribution in [2.24, 2.45) is 0 Å². The Morgan fingerprint density at radius 1 is 1.19 bits per heavy atom. The molecule has 0 saturated carbocycles. The Balaban J connectivity index is 1.91. The lowest BCUT2D eigenvalue weighted by Crippen LogP contribution is -2.26. The number of nitrogens with zero attached hydrogens (tertiary/aromatic N) is 1. The smallest absolute Gasteiger partial charge is 0.128 e. The molecule has 1 N–H and O–H groups in total. The summed E-state index contributed by atoms with van der Waals surface area (Å²) in [4.78, 5) is 4.84. The highest BCUT2D eigenvalue weighted by Crippen LogP contribution is 2.36. The van der Waals surface area contributed by atoms with Gasteiger partial charge in [0.2, 0.25) is 0 Å². The first-order chi connectivity index (χ1) is 10.3. The number of piperidine rings is 1. The molecule has 0 unspecified atom stereocenters. The standard InChI is InChI=1S/C16H20N2O2S/c1-19-12-3-4-15(20-2)13(9-12)14-10-21-16(18-14)11-5-7-17-8-6-11/h3-4,9-11,17H,5-8H2,1-2H3. The van der Waals surface area contributed by atoms with Gasteiger partial charge in [-0.05, 0) is 44.1 Å². The fourth-order valence-corrected chi connectivity index (χ4v) is 3.67. The predicted molar refractivity (Wildman–Crippen MR) is 85.5 cm³/mol. The first kappa shape index (κ1) is 14.4. The lowest BCUT2D eigenvalue weighted by atomic mass is 9.99. The van der Waals surface area contributed by atoms with Crippen molar-refractivity contribution in [3.8, 4) is 22.8 Å². The molecule has 2 aromatic rings. The Labute approximate surface area is 129 Å². The average Bonchev–Trinajstić information content (AvgIpc) is 3.05. The molecule has 1 aliphatic rings. The Hall–Kier alpha value is -1.59. The molecule has 4 nitrogen and oxygen atoms in total. The molecule has 2 heterocycles. The average molecular weight is 304 g/mol. The van der Waals surface area contributed by atoms with E-state index in [-0.39, 0.29) is 0 Å². The van der Waals surface area contributed by atoms with Crippen molar-refractivity contribution in [2.45, 2.75) is 18.8 Å². The molecular weight excluding hydrogens is 284 g/mol. The minimum Gasteiger partial charge on any atom is -0.497 e. The Kier molecular flexibility index (Phi) is 4.41. The maximum absolute atomic E-state index is 5.45. The van der Waals surface area contributed by atoms with E-state index in [1.807, 2.05) is 18.2 Å². The van der Waals surface area contributed by atoms with Gasteiger partial charge in [0, 0.05) is 16.9 Å². The van der Waals surface area contributed by atoms with E-state index in [9.17, 15) is 0 Å². The van der Waals surface area contributed by atoms with Gasteiger partial charge in [-0.1, -0.05) is 0 Å². The first-order valence-electron chi connectivity index (χ1n) is 7.20. The molecule has 21 heavy (non-hydrogen) atoms. The van der Waals surface area contributed by atoms with E-state index in [2.05, 4.69) is 10.7 Å². The highest BCUT2D eigenvalue weighted by molar-refractivity contribution is 7.10. The molecule has 0 bridgehead atoms. The maximum atomic E-state index is 5.45. The van der Waals surface area contributed by atoms with E-state index in [1.54, 1.807) is 25.6 Å². The molecule has 0 amide bonds. The summed E-state index contributed by atoms with van der Waals surface area (Å²) in [6.45, 7) is 2.17. The maximum Gasteiger partial charge on any atom is 0.128 e. The van der Waals surface area contributed by atoms with Gasteiger partial charge in [-0.2, -0.15) is 0 Å². The molecule has 1 aromatic heterocycles. The largest absolute Gasteiger partial charge is 0.497 e. The van der Waals surface area contributed by atoms with Gasteiger partial charge in [-0.25, -0.2) is 4.98 Å². The van der Waals surface area contributed by atoms with E-state index >= 15 is 0 Å². The number of rotatable bonds is 4. The van der Waals surface area contributed by atoms with Crippen molar-refractivity contribution in [1.29, 1.82) is 0 Å². The molecule has 1 aromatic carbocycles. The third kappa shape index (κ3) is 3.04. The zero-order valence-electron chi connectivity index (χ0n) is 12.4. The Bertz CT molecular complexity index is 606. The van der Waals surface area contributed by atoms with Gasteiger partial charge in [0.1, 0.15) is 11.5 Å². The molecule has 0 spiro atoms. The van der Waals surface area contributed by atoms with E-state index in [1.165, 1.54) is 17.8 Å². The zero-order valence-corrected chi connectivity index (χ0v) is 13.2. The second kappa shape index (κ2) is 6.45. The lowest BCUT2D eigenvalue weighted by Gasteiger charge is -2.20. The Morgan fingerprint density at radius 2 is 2.00 bits per heavy atom. The lowest BCUT2D eigenvalue weighted by molar-refractivity contribution is 0.404. The minimum atomic E-state index is 0.585. The molecule has 0 aliphatic carbocycles. The quantitative estimate of drug-likeness (QED) is 0.941. The van der Waals surface area contributed by atoms with Gasteiger partial charge in [-0.3, -0.25) is 0 Å². The van der Waals surface area contributed by atoms with Crippen LogP contribution < -0.4 is 14.8 Å². The second-order valence-corrected chi connectivity index (χ2v) is 6.05. The highest BCUT2D eigenvalue weighted by Gasteiger charge is 2.19. The summed E-state index contributed by atoms with van der Waals surface area (Å²) in [7, 11) is 3.36. The van der Waals surface area contributed by atoms with Gasteiger partial charge in [0.05, 0.1) is 24.9 Å². The van der Waals surface area contributed by atoms with Crippen molar-refractivity contribution < 1.29 is 9.47 Å². The van der Waals surface area contributed by atoms with Crippen LogP contribution in [0.5, 0.6) is 11.5 Å². The number of hydrogen-bond acceptors (Lipinski definition) is 5. The highest BCUT2D eigenvalue weighted by atomic mass is 32.1. The molecule has 1 aliphatic heterocycles. The van der Waals surface area contributed by atoms with Gasteiger partial charge >= 0.3 is 0 Å². The zero-order chi connectivity index (χ0) is 14.7. The summed E-state index contributed by atoms with van der Waals surface area (Å²) in [5.41, 5.74) is 1.97. The molecule has 0 atom stereocenters. The fourth-order valence-electron chi connectivity index (χ4n) is 2.68. The third-order valence-corrected chi connectivity index (χ3v) is 4.90. The molecule has 1 fully saturated rings. The summed E-state index contributed by atoms with van der Waals surface area (Å²) in [6.07, 6.45) is 2.34. The van der Waals surface area contributed by atoms with E-state index in [0.29, 0.717) is 5.92 Å². The monoisotopic (exact) mass is 304 g/mol. The number of aromatic nitrogens is 1. The topological polar surface area (TPSA) is 43.4 Å². The second-order valence-electron chi connectivity index (χ2n) is 5.16. The predicted octanol–water partition coefficient (Wildman–Crippen LogP) is 3.29. The number of nitrogens with one attached hydrogen (secondary N) is 1. The molecule has 3 rings (SSSR count). The minimum absolute atomic E-state index is 0.585. The number of methoxy groups -OCH3 is 2. The normalized spacial score (nSPS) is 15.9. The van der Waals surface area contributed by atoms with E-state index in [0.717, 1.165) is 35.8 Å². The van der Waals surface area contributed by atoms with Crippen LogP contribution in [0, 0.1) is 0 Å². The van der Waals surface area contributed by atoms with Crippen LogP contribution in [0.25, 0.3) is 11.3 Å². The number of ether oxygens (including phenoxy) is 2. The molecule has 112 valence electrons. The van der Waals surface area contributed by atoms with Crippen LogP contribution in [-0.2, 0) is 0 Å². The van der Waals surface area contributed by atoms with Crippen molar-refractivity contribution in [1.82, 2.24) is 10.3 Å². The third-order valence-electron chi connectivity index (χ3n) is 3.89.